The van der Waals surface area contributed by atoms with Gasteiger partial charge in [-0.15, -0.1) is 0 Å². The summed E-state index contributed by atoms with van der Waals surface area (Å²) in [5.41, 5.74) is 1.34. The first-order chi connectivity index (χ1) is 9.63. The van der Waals surface area contributed by atoms with Crippen LogP contribution in [0.3, 0.4) is 0 Å². The van der Waals surface area contributed by atoms with E-state index in [1.807, 2.05) is 6.20 Å². The SMILES string of the molecule is CCCNC(C)c1cccnc1N1CCC(C(C)C)C1. The van der Waals surface area contributed by atoms with Crippen LogP contribution in [0.4, 0.5) is 5.82 Å². The summed E-state index contributed by atoms with van der Waals surface area (Å²) in [6, 6.07) is 4.65. The molecule has 0 aromatic carbocycles. The Hall–Kier alpha value is -1.09. The quantitative estimate of drug-likeness (QED) is 0.859. The van der Waals surface area contributed by atoms with Crippen molar-refractivity contribution in [2.45, 2.75) is 46.6 Å². The minimum Gasteiger partial charge on any atom is -0.356 e. The monoisotopic (exact) mass is 275 g/mol. The maximum Gasteiger partial charge on any atom is 0.133 e. The van der Waals surface area contributed by atoms with Crippen LogP contribution in [-0.2, 0) is 0 Å². The van der Waals surface area contributed by atoms with E-state index >= 15 is 0 Å². The van der Waals surface area contributed by atoms with Gasteiger partial charge in [0.05, 0.1) is 0 Å². The van der Waals surface area contributed by atoms with Crippen LogP contribution in [0.25, 0.3) is 0 Å². The van der Waals surface area contributed by atoms with Crippen molar-refractivity contribution < 1.29 is 0 Å². The van der Waals surface area contributed by atoms with Crippen LogP contribution in [0, 0.1) is 11.8 Å². The highest BCUT2D eigenvalue weighted by molar-refractivity contribution is 5.49. The molecule has 1 saturated heterocycles. The zero-order valence-electron chi connectivity index (χ0n) is 13.4. The minimum atomic E-state index is 0.372. The van der Waals surface area contributed by atoms with Crippen molar-refractivity contribution in [3.05, 3.63) is 23.9 Å². The second kappa shape index (κ2) is 7.07. The third-order valence-corrected chi connectivity index (χ3v) is 4.45. The molecule has 1 aromatic heterocycles. The molecule has 0 aliphatic carbocycles. The topological polar surface area (TPSA) is 28.2 Å². The minimum absolute atomic E-state index is 0.372. The van der Waals surface area contributed by atoms with Gasteiger partial charge < -0.3 is 10.2 Å². The van der Waals surface area contributed by atoms with Crippen molar-refractivity contribution in [1.29, 1.82) is 0 Å². The van der Waals surface area contributed by atoms with Crippen molar-refractivity contribution in [3.8, 4) is 0 Å². The van der Waals surface area contributed by atoms with Crippen LogP contribution >= 0.6 is 0 Å². The van der Waals surface area contributed by atoms with Crippen LogP contribution in [0.5, 0.6) is 0 Å². The molecule has 1 aromatic rings. The third kappa shape index (κ3) is 3.51. The first kappa shape index (κ1) is 15.3. The second-order valence-corrected chi connectivity index (χ2v) is 6.33. The molecule has 0 spiro atoms. The maximum atomic E-state index is 4.67. The number of nitrogens with one attached hydrogen (secondary N) is 1. The van der Waals surface area contributed by atoms with E-state index in [1.54, 1.807) is 0 Å². The molecule has 1 aliphatic rings. The lowest BCUT2D eigenvalue weighted by Gasteiger charge is -2.24. The summed E-state index contributed by atoms with van der Waals surface area (Å²) in [5.74, 6) is 2.76. The van der Waals surface area contributed by atoms with Gasteiger partial charge in [-0.25, -0.2) is 4.98 Å². The summed E-state index contributed by atoms with van der Waals surface area (Å²) in [7, 11) is 0. The van der Waals surface area contributed by atoms with Gasteiger partial charge in [0.1, 0.15) is 5.82 Å². The van der Waals surface area contributed by atoms with Crippen LogP contribution < -0.4 is 10.2 Å². The van der Waals surface area contributed by atoms with E-state index in [0.29, 0.717) is 6.04 Å². The molecule has 0 bridgehead atoms. The third-order valence-electron chi connectivity index (χ3n) is 4.45. The Morgan fingerprint density at radius 1 is 1.40 bits per heavy atom. The van der Waals surface area contributed by atoms with Gasteiger partial charge in [0.25, 0.3) is 0 Å². The Balaban J connectivity index is 2.12. The number of hydrogen-bond donors (Lipinski definition) is 1. The van der Waals surface area contributed by atoms with E-state index in [9.17, 15) is 0 Å². The molecule has 0 radical (unpaired) electrons. The fourth-order valence-corrected chi connectivity index (χ4v) is 3.01. The fourth-order valence-electron chi connectivity index (χ4n) is 3.01. The van der Waals surface area contributed by atoms with Gasteiger partial charge in [0, 0.05) is 30.9 Å². The Labute approximate surface area is 123 Å². The molecule has 2 atom stereocenters. The number of anilines is 1. The van der Waals surface area contributed by atoms with E-state index in [-0.39, 0.29) is 0 Å². The highest BCUT2D eigenvalue weighted by Crippen LogP contribution is 2.31. The van der Waals surface area contributed by atoms with Crippen molar-refractivity contribution >= 4 is 5.82 Å². The summed E-state index contributed by atoms with van der Waals surface area (Å²) < 4.78 is 0. The van der Waals surface area contributed by atoms with Gasteiger partial charge in [0.15, 0.2) is 0 Å². The lowest BCUT2D eigenvalue weighted by molar-refractivity contribution is 0.422. The number of rotatable bonds is 6. The van der Waals surface area contributed by atoms with E-state index in [0.717, 1.165) is 31.5 Å². The molecule has 1 N–H and O–H groups in total. The molecule has 2 heterocycles. The Morgan fingerprint density at radius 2 is 2.20 bits per heavy atom. The molecule has 20 heavy (non-hydrogen) atoms. The van der Waals surface area contributed by atoms with Crippen LogP contribution in [0.2, 0.25) is 0 Å². The largest absolute Gasteiger partial charge is 0.356 e. The Morgan fingerprint density at radius 3 is 2.85 bits per heavy atom. The smallest absolute Gasteiger partial charge is 0.133 e. The number of hydrogen-bond acceptors (Lipinski definition) is 3. The van der Waals surface area contributed by atoms with Gasteiger partial charge >= 0.3 is 0 Å². The number of nitrogens with zero attached hydrogens (tertiary/aromatic N) is 2. The summed E-state index contributed by atoms with van der Waals surface area (Å²) in [5, 5.41) is 3.58. The van der Waals surface area contributed by atoms with E-state index in [4.69, 9.17) is 0 Å². The Bertz CT molecular complexity index is 416. The van der Waals surface area contributed by atoms with Gasteiger partial charge in [-0.3, -0.25) is 0 Å². The molecule has 1 fully saturated rings. The molecule has 3 nitrogen and oxygen atoms in total. The van der Waals surface area contributed by atoms with Crippen LogP contribution in [0.15, 0.2) is 18.3 Å². The second-order valence-electron chi connectivity index (χ2n) is 6.33. The first-order valence-corrected chi connectivity index (χ1v) is 8.06. The number of aromatic nitrogens is 1. The molecule has 3 heteroatoms. The molecule has 112 valence electrons. The standard InChI is InChI=1S/C17H29N3/c1-5-9-18-14(4)16-7-6-10-19-17(16)20-11-8-15(12-20)13(2)3/h6-7,10,13-15,18H,5,8-9,11-12H2,1-4H3. The molecular formula is C17H29N3. The van der Waals surface area contributed by atoms with Gasteiger partial charge in [-0.1, -0.05) is 26.8 Å². The lowest BCUT2D eigenvalue weighted by Crippen LogP contribution is -2.27. The summed E-state index contributed by atoms with van der Waals surface area (Å²) >= 11 is 0. The zero-order valence-corrected chi connectivity index (χ0v) is 13.4. The molecule has 2 unspecified atom stereocenters. The molecular weight excluding hydrogens is 246 g/mol. The maximum absolute atomic E-state index is 4.67. The van der Waals surface area contributed by atoms with E-state index in [2.05, 4.69) is 55.0 Å². The van der Waals surface area contributed by atoms with Crippen molar-refractivity contribution in [1.82, 2.24) is 10.3 Å². The highest BCUT2D eigenvalue weighted by Gasteiger charge is 2.27. The first-order valence-electron chi connectivity index (χ1n) is 8.06. The average molecular weight is 275 g/mol. The van der Waals surface area contributed by atoms with Gasteiger partial charge in [-0.05, 0) is 44.2 Å². The predicted octanol–water partition coefficient (Wildman–Crippen LogP) is 3.62. The van der Waals surface area contributed by atoms with E-state index < -0.39 is 0 Å². The van der Waals surface area contributed by atoms with Crippen molar-refractivity contribution in [2.75, 3.05) is 24.5 Å². The fraction of sp³-hybridized carbons (Fsp3) is 0.706. The van der Waals surface area contributed by atoms with E-state index in [1.165, 1.54) is 24.2 Å². The predicted molar refractivity (Wildman–Crippen MR) is 86.1 cm³/mol. The lowest BCUT2D eigenvalue weighted by atomic mass is 9.95. The summed E-state index contributed by atoms with van der Waals surface area (Å²) in [4.78, 5) is 7.15. The van der Waals surface area contributed by atoms with Crippen molar-refractivity contribution in [3.63, 3.8) is 0 Å². The molecule has 1 aliphatic heterocycles. The van der Waals surface area contributed by atoms with Crippen LogP contribution in [0.1, 0.15) is 52.1 Å². The average Bonchev–Trinajstić information content (AvgIpc) is 2.94. The number of pyridine rings is 1. The zero-order chi connectivity index (χ0) is 14.5. The van der Waals surface area contributed by atoms with Crippen molar-refractivity contribution in [2.24, 2.45) is 11.8 Å². The summed E-state index contributed by atoms with van der Waals surface area (Å²) in [6.45, 7) is 12.5. The molecule has 0 saturated carbocycles. The summed E-state index contributed by atoms with van der Waals surface area (Å²) in [6.07, 6.45) is 4.39. The highest BCUT2D eigenvalue weighted by atomic mass is 15.2. The normalized spacial score (nSPS) is 20.6. The van der Waals surface area contributed by atoms with Gasteiger partial charge in [-0.2, -0.15) is 0 Å². The molecule has 2 rings (SSSR count). The Kier molecular flexibility index (Phi) is 5.41. The van der Waals surface area contributed by atoms with Gasteiger partial charge in [0.2, 0.25) is 0 Å². The molecule has 0 amide bonds. The van der Waals surface area contributed by atoms with Crippen LogP contribution in [-0.4, -0.2) is 24.6 Å².